The van der Waals surface area contributed by atoms with Crippen LogP contribution in [0.1, 0.15) is 59.1 Å². The second-order valence-electron chi connectivity index (χ2n) is 7.75. The minimum Gasteiger partial charge on any atom is -0.396 e. The van der Waals surface area contributed by atoms with Gasteiger partial charge >= 0.3 is 0 Å². The van der Waals surface area contributed by atoms with Crippen molar-refractivity contribution in [2.45, 2.75) is 58.4 Å². The average molecular weight is 642 g/mol. The second kappa shape index (κ2) is 17.3. The SMILES string of the molecule is CC.CC(=O)/C(CCO)=C(\c1ccccc1)c1ccc(S(=O)(=O)NC(C)(C)C)c(F)c1.[CH3-].[Y].[Y]. The molecule has 0 unspecified atom stereocenters. The Balaban J connectivity index is -0.00000187. The molecule has 34 heavy (non-hydrogen) atoms. The van der Waals surface area contributed by atoms with E-state index in [-0.39, 0.29) is 91.7 Å². The molecule has 2 N–H and O–H groups in total. The summed E-state index contributed by atoms with van der Waals surface area (Å²) in [7, 11) is -4.05. The van der Waals surface area contributed by atoms with Crippen molar-refractivity contribution in [1.82, 2.24) is 4.72 Å². The van der Waals surface area contributed by atoms with E-state index in [1.807, 2.05) is 19.9 Å². The van der Waals surface area contributed by atoms with Crippen LogP contribution in [0.25, 0.3) is 5.57 Å². The average Bonchev–Trinajstić information content (AvgIpc) is 2.68. The van der Waals surface area contributed by atoms with Gasteiger partial charge in [0.15, 0.2) is 5.78 Å². The molecule has 2 radical (unpaired) electrons. The van der Waals surface area contributed by atoms with Crippen LogP contribution in [0.3, 0.4) is 0 Å². The molecule has 0 atom stereocenters. The van der Waals surface area contributed by atoms with Crippen LogP contribution in [-0.4, -0.2) is 31.5 Å². The van der Waals surface area contributed by atoms with Gasteiger partial charge in [0.25, 0.3) is 0 Å². The summed E-state index contributed by atoms with van der Waals surface area (Å²) >= 11 is 0. The Labute approximate surface area is 255 Å². The van der Waals surface area contributed by atoms with Crippen molar-refractivity contribution < 1.29 is 88.1 Å². The van der Waals surface area contributed by atoms with Gasteiger partial charge in [0.2, 0.25) is 10.0 Å². The predicted octanol–water partition coefficient (Wildman–Crippen LogP) is 5.15. The van der Waals surface area contributed by atoms with Gasteiger partial charge in [-0.05, 0) is 62.9 Å². The summed E-state index contributed by atoms with van der Waals surface area (Å²) in [5, 5.41) is 9.39. The van der Waals surface area contributed by atoms with Gasteiger partial charge in [0, 0.05) is 83.1 Å². The third kappa shape index (κ3) is 11.3. The molecule has 0 saturated carbocycles. The summed E-state index contributed by atoms with van der Waals surface area (Å²) in [6.45, 7) is 10.1. The van der Waals surface area contributed by atoms with Gasteiger partial charge in [-0.15, -0.1) is 0 Å². The third-order valence-corrected chi connectivity index (χ3v) is 5.89. The van der Waals surface area contributed by atoms with Crippen molar-refractivity contribution in [3.05, 3.63) is 78.5 Å². The second-order valence-corrected chi connectivity index (χ2v) is 9.40. The molecular weight excluding hydrogens is 607 g/mol. The fourth-order valence-electron chi connectivity index (χ4n) is 3.04. The van der Waals surface area contributed by atoms with Crippen molar-refractivity contribution >= 4 is 21.4 Å². The Bertz CT molecular complexity index is 1030. The molecule has 0 aromatic heterocycles. The van der Waals surface area contributed by atoms with Crippen molar-refractivity contribution in [3.63, 3.8) is 0 Å². The first-order chi connectivity index (χ1) is 14.5. The van der Waals surface area contributed by atoms with E-state index in [1.54, 1.807) is 45.0 Å². The standard InChI is InChI=1S/C22H26FNO4S.C2H6.CH3.2Y/c1-15(26)18(12-13-25)21(16-8-6-5-7-9-16)17-10-11-20(19(23)14-17)29(27,28)24-22(2,3)4;1-2;;;/h5-11,14,24-25H,12-13H2,1-4H3;1-2H3;1H3;;/q;;-1;;/b21-18+;;;;. The number of rotatable bonds is 7. The van der Waals surface area contributed by atoms with Crippen molar-refractivity contribution in [3.8, 4) is 0 Å². The molecule has 0 spiro atoms. The van der Waals surface area contributed by atoms with E-state index >= 15 is 0 Å². The number of nitrogens with one attached hydrogen (secondary N) is 1. The van der Waals surface area contributed by atoms with Crippen LogP contribution in [-0.2, 0) is 80.2 Å². The number of carbonyl (C=O) groups is 1. The molecule has 2 rings (SSSR count). The maximum Gasteiger partial charge on any atom is 0.243 e. The van der Waals surface area contributed by atoms with Crippen LogP contribution in [0.15, 0.2) is 59.0 Å². The summed E-state index contributed by atoms with van der Waals surface area (Å²) in [5.74, 6) is -1.16. The van der Waals surface area contributed by atoms with E-state index < -0.39 is 26.3 Å². The summed E-state index contributed by atoms with van der Waals surface area (Å²) in [4.78, 5) is 11.8. The number of benzene rings is 2. The summed E-state index contributed by atoms with van der Waals surface area (Å²) < 4.78 is 42.3. The Morgan fingerprint density at radius 3 is 1.94 bits per heavy atom. The minimum atomic E-state index is -4.05. The van der Waals surface area contributed by atoms with Crippen LogP contribution < -0.4 is 4.72 Å². The Hall–Kier alpha value is -0.142. The van der Waals surface area contributed by atoms with Gasteiger partial charge in [0.05, 0.1) is 0 Å². The molecule has 9 heteroatoms. The molecular formula is C25H35FNO4SY2-. The maximum atomic E-state index is 14.9. The monoisotopic (exact) mass is 642 g/mol. The number of aliphatic hydroxyl groups is 1. The van der Waals surface area contributed by atoms with Gasteiger partial charge < -0.3 is 12.5 Å². The molecule has 0 aliphatic rings. The topological polar surface area (TPSA) is 83.5 Å². The predicted molar refractivity (Wildman–Crippen MR) is 129 cm³/mol. The molecule has 0 heterocycles. The van der Waals surface area contributed by atoms with Gasteiger partial charge in [-0.25, -0.2) is 17.5 Å². The van der Waals surface area contributed by atoms with Crippen molar-refractivity contribution in [2.75, 3.05) is 6.61 Å². The zero-order valence-electron chi connectivity index (χ0n) is 21.1. The molecule has 0 aliphatic heterocycles. The number of Topliss-reactive ketones (excluding diaryl/α,β-unsaturated/α-hetero) is 1. The van der Waals surface area contributed by atoms with E-state index in [0.717, 1.165) is 6.07 Å². The number of ketones is 1. The van der Waals surface area contributed by atoms with Crippen LogP contribution in [0.4, 0.5) is 4.39 Å². The number of carbonyl (C=O) groups excluding carboxylic acids is 1. The molecule has 2 aromatic carbocycles. The molecule has 0 amide bonds. The Kier molecular flexibility index (Phi) is 19.6. The normalized spacial score (nSPS) is 11.4. The Morgan fingerprint density at radius 2 is 1.53 bits per heavy atom. The summed E-state index contributed by atoms with van der Waals surface area (Å²) in [6.07, 6.45) is 0.104. The molecule has 0 fully saturated rings. The first kappa shape index (κ1) is 38.4. The first-order valence-electron chi connectivity index (χ1n) is 10.2. The van der Waals surface area contributed by atoms with Gasteiger partial charge in [-0.2, -0.15) is 0 Å². The molecule has 0 saturated heterocycles. The number of sulfonamides is 1. The smallest absolute Gasteiger partial charge is 0.243 e. The fraction of sp³-hybridized carbons (Fsp3) is 0.360. The van der Waals surface area contributed by atoms with E-state index in [2.05, 4.69) is 4.72 Å². The third-order valence-electron chi connectivity index (χ3n) is 4.10. The number of aliphatic hydroxyl groups excluding tert-OH is 1. The van der Waals surface area contributed by atoms with Crippen LogP contribution in [0, 0.1) is 13.2 Å². The summed E-state index contributed by atoms with van der Waals surface area (Å²) in [6, 6.07) is 12.7. The largest absolute Gasteiger partial charge is 0.396 e. The molecule has 184 valence electrons. The number of hydrogen-bond donors (Lipinski definition) is 2. The maximum absolute atomic E-state index is 14.9. The van der Waals surface area contributed by atoms with Gasteiger partial charge in [0.1, 0.15) is 10.7 Å². The van der Waals surface area contributed by atoms with Gasteiger partial charge in [-0.1, -0.05) is 50.2 Å². The molecule has 2 aromatic rings. The zero-order valence-corrected chi connectivity index (χ0v) is 27.6. The van der Waals surface area contributed by atoms with E-state index in [1.165, 1.54) is 19.1 Å². The zero-order chi connectivity index (χ0) is 23.8. The first-order valence-corrected chi connectivity index (χ1v) is 11.7. The van der Waals surface area contributed by atoms with E-state index in [4.69, 9.17) is 0 Å². The fourth-order valence-corrected chi connectivity index (χ4v) is 4.52. The van der Waals surface area contributed by atoms with Crippen molar-refractivity contribution in [1.29, 1.82) is 0 Å². The van der Waals surface area contributed by atoms with Gasteiger partial charge in [-0.3, -0.25) is 4.79 Å². The Morgan fingerprint density at radius 1 is 1.00 bits per heavy atom. The summed E-state index contributed by atoms with van der Waals surface area (Å²) in [5.41, 5.74) is 1.10. The minimum absolute atomic E-state index is 0. The van der Waals surface area contributed by atoms with Crippen molar-refractivity contribution in [2.24, 2.45) is 0 Å². The molecule has 0 bridgehead atoms. The van der Waals surface area contributed by atoms with Crippen LogP contribution in [0.2, 0.25) is 0 Å². The van der Waals surface area contributed by atoms with E-state index in [9.17, 15) is 22.7 Å². The quantitative estimate of drug-likeness (QED) is 0.324. The molecule has 0 aliphatic carbocycles. The number of hydrogen-bond acceptors (Lipinski definition) is 4. The van der Waals surface area contributed by atoms with Crippen LogP contribution in [0.5, 0.6) is 0 Å². The number of halogens is 1. The van der Waals surface area contributed by atoms with E-state index in [0.29, 0.717) is 22.3 Å². The molecule has 5 nitrogen and oxygen atoms in total. The van der Waals surface area contributed by atoms with Crippen LogP contribution >= 0.6 is 0 Å².